The monoisotopic (exact) mass is 446 g/mol. The molecule has 0 saturated carbocycles. The van der Waals surface area contributed by atoms with Gasteiger partial charge in [0, 0.05) is 17.1 Å². The zero-order valence-corrected chi connectivity index (χ0v) is 18.1. The third-order valence-corrected chi connectivity index (χ3v) is 1.84. The van der Waals surface area contributed by atoms with Gasteiger partial charge in [-0.3, -0.25) is 0 Å². The summed E-state index contributed by atoms with van der Waals surface area (Å²) >= 11 is 0. The molecule has 0 aliphatic rings. The Labute approximate surface area is 176 Å². The van der Waals surface area contributed by atoms with Gasteiger partial charge in [-0.25, -0.2) is 14.4 Å². The number of esters is 3. The fraction of sp³-hybridized carbons (Fsp3) is 0.500. The first-order valence-electron chi connectivity index (χ1n) is 8.11. The van der Waals surface area contributed by atoms with Gasteiger partial charge in [-0.05, 0) is 41.5 Å². The number of aliphatic hydroxyl groups is 3. The van der Waals surface area contributed by atoms with Crippen LogP contribution in [-0.4, -0.2) is 53.0 Å². The molecule has 0 saturated heterocycles. The molecule has 0 aromatic rings. The Balaban J connectivity index is -0.000000152. The van der Waals surface area contributed by atoms with Gasteiger partial charge in [0.15, 0.2) is 0 Å². The molecule has 0 spiro atoms. The standard InChI is InChI=1S/3C6H10O3.Fe/c3*1-3-9-6(8)4-5(2)7;/h3*4,7H,3H2,1-2H3;. The SMILES string of the molecule is CCOC(=O)C=C(C)O.CCOC(=O)C=C(C)O.CCOC(=O)C=C(C)O.[Fe]. The van der Waals surface area contributed by atoms with Crippen LogP contribution >= 0.6 is 0 Å². The van der Waals surface area contributed by atoms with E-state index in [2.05, 4.69) is 14.2 Å². The minimum atomic E-state index is -0.502. The second-order valence-corrected chi connectivity index (χ2v) is 4.61. The van der Waals surface area contributed by atoms with Crippen molar-refractivity contribution in [2.45, 2.75) is 41.5 Å². The number of ether oxygens (including phenoxy) is 3. The molecule has 0 aliphatic heterocycles. The summed E-state index contributed by atoms with van der Waals surface area (Å²) in [4.78, 5) is 31.2. The van der Waals surface area contributed by atoms with E-state index in [0.29, 0.717) is 19.8 Å². The molecule has 0 aliphatic carbocycles. The second kappa shape index (κ2) is 22.6. The van der Waals surface area contributed by atoms with Crippen LogP contribution in [0.2, 0.25) is 0 Å². The Morgan fingerprint density at radius 1 is 0.607 bits per heavy atom. The molecule has 3 N–H and O–H groups in total. The van der Waals surface area contributed by atoms with Crippen molar-refractivity contribution < 1.29 is 61.0 Å². The topological polar surface area (TPSA) is 140 Å². The van der Waals surface area contributed by atoms with Gasteiger partial charge in [-0.2, -0.15) is 0 Å². The third-order valence-electron chi connectivity index (χ3n) is 1.84. The third kappa shape index (κ3) is 34.8. The minimum absolute atomic E-state index is 0. The van der Waals surface area contributed by atoms with Gasteiger partial charge in [0.2, 0.25) is 0 Å². The molecular formula is C18H30FeO9. The maximum atomic E-state index is 10.4. The smallest absolute Gasteiger partial charge is 0.334 e. The molecule has 0 fully saturated rings. The fourth-order valence-electron chi connectivity index (χ4n) is 1.06. The summed E-state index contributed by atoms with van der Waals surface area (Å²) < 4.78 is 13.4. The molecule has 0 radical (unpaired) electrons. The van der Waals surface area contributed by atoms with Crippen LogP contribution in [0, 0.1) is 0 Å². The van der Waals surface area contributed by atoms with Crippen molar-refractivity contribution in [3.8, 4) is 0 Å². The van der Waals surface area contributed by atoms with Crippen molar-refractivity contribution in [3.63, 3.8) is 0 Å². The van der Waals surface area contributed by atoms with Gasteiger partial charge in [-0.15, -0.1) is 0 Å². The molecule has 10 heteroatoms. The van der Waals surface area contributed by atoms with Crippen LogP contribution in [0.4, 0.5) is 0 Å². The molecule has 0 bridgehead atoms. The molecule has 164 valence electrons. The van der Waals surface area contributed by atoms with Crippen molar-refractivity contribution in [2.75, 3.05) is 19.8 Å². The summed E-state index contributed by atoms with van der Waals surface area (Å²) in [6.07, 6.45) is 3.09. The summed E-state index contributed by atoms with van der Waals surface area (Å²) in [6.45, 7) is 10.4. The van der Waals surface area contributed by atoms with E-state index in [4.69, 9.17) is 15.3 Å². The Bertz CT molecular complexity index is 449. The van der Waals surface area contributed by atoms with Crippen molar-refractivity contribution in [1.29, 1.82) is 0 Å². The van der Waals surface area contributed by atoms with Crippen LogP contribution in [-0.2, 0) is 45.7 Å². The zero-order valence-electron chi connectivity index (χ0n) is 17.0. The van der Waals surface area contributed by atoms with Gasteiger partial charge >= 0.3 is 17.9 Å². The van der Waals surface area contributed by atoms with Crippen LogP contribution in [0.1, 0.15) is 41.5 Å². The average molecular weight is 446 g/mol. The Hall–Kier alpha value is -2.45. The number of hydrogen-bond acceptors (Lipinski definition) is 9. The first-order chi connectivity index (χ1) is 12.5. The Morgan fingerprint density at radius 3 is 0.893 bits per heavy atom. The van der Waals surface area contributed by atoms with E-state index in [0.717, 1.165) is 18.2 Å². The molecular weight excluding hydrogens is 416 g/mol. The van der Waals surface area contributed by atoms with Gasteiger partial charge in [0.05, 0.1) is 55.3 Å². The van der Waals surface area contributed by atoms with Crippen molar-refractivity contribution in [2.24, 2.45) is 0 Å². The maximum absolute atomic E-state index is 10.4. The quantitative estimate of drug-likeness (QED) is 0.185. The van der Waals surface area contributed by atoms with Crippen LogP contribution < -0.4 is 0 Å². The second-order valence-electron chi connectivity index (χ2n) is 4.61. The van der Waals surface area contributed by atoms with Crippen LogP contribution in [0.15, 0.2) is 35.5 Å². The van der Waals surface area contributed by atoms with Gasteiger partial charge in [0.25, 0.3) is 0 Å². The number of hydrogen-bond donors (Lipinski definition) is 3. The number of carbonyl (C=O) groups excluding carboxylic acids is 3. The Kier molecular flexibility index (Phi) is 26.8. The molecule has 0 heterocycles. The molecule has 9 nitrogen and oxygen atoms in total. The predicted molar refractivity (Wildman–Crippen MR) is 99.1 cm³/mol. The summed E-state index contributed by atoms with van der Waals surface area (Å²) in [7, 11) is 0. The number of rotatable bonds is 6. The van der Waals surface area contributed by atoms with Gasteiger partial charge < -0.3 is 29.5 Å². The largest absolute Gasteiger partial charge is 0.512 e. The molecule has 0 unspecified atom stereocenters. The molecule has 0 atom stereocenters. The number of carbonyl (C=O) groups is 3. The maximum Gasteiger partial charge on any atom is 0.334 e. The summed E-state index contributed by atoms with van der Waals surface area (Å²) in [6, 6.07) is 0. The Morgan fingerprint density at radius 2 is 0.786 bits per heavy atom. The van der Waals surface area contributed by atoms with E-state index in [1.165, 1.54) is 20.8 Å². The van der Waals surface area contributed by atoms with Crippen molar-refractivity contribution >= 4 is 17.9 Å². The van der Waals surface area contributed by atoms with Gasteiger partial charge in [0.1, 0.15) is 0 Å². The molecule has 0 aromatic carbocycles. The van der Waals surface area contributed by atoms with E-state index in [1.54, 1.807) is 20.8 Å². The minimum Gasteiger partial charge on any atom is -0.512 e. The normalized spacial score (nSPS) is 10.7. The first kappa shape index (κ1) is 33.2. The molecule has 28 heavy (non-hydrogen) atoms. The zero-order chi connectivity index (χ0) is 21.8. The van der Waals surface area contributed by atoms with Crippen molar-refractivity contribution in [1.82, 2.24) is 0 Å². The van der Waals surface area contributed by atoms with Crippen LogP contribution in [0.25, 0.3) is 0 Å². The van der Waals surface area contributed by atoms with Crippen LogP contribution in [0.5, 0.6) is 0 Å². The van der Waals surface area contributed by atoms with Crippen LogP contribution in [0.3, 0.4) is 0 Å². The average Bonchev–Trinajstić information content (AvgIpc) is 2.46. The fourth-order valence-corrected chi connectivity index (χ4v) is 1.06. The van der Waals surface area contributed by atoms with Gasteiger partial charge in [-0.1, -0.05) is 0 Å². The van der Waals surface area contributed by atoms with Crippen molar-refractivity contribution in [3.05, 3.63) is 35.5 Å². The summed E-state index contributed by atoms with van der Waals surface area (Å²) in [5.41, 5.74) is 0. The van der Waals surface area contributed by atoms with E-state index in [-0.39, 0.29) is 34.3 Å². The van der Waals surface area contributed by atoms with E-state index in [1.807, 2.05) is 0 Å². The summed E-state index contributed by atoms with van der Waals surface area (Å²) in [5.74, 6) is -1.61. The molecule has 0 rings (SSSR count). The molecule has 0 aromatic heterocycles. The van der Waals surface area contributed by atoms with E-state index in [9.17, 15) is 14.4 Å². The number of allylic oxidation sites excluding steroid dienone is 3. The summed E-state index contributed by atoms with van der Waals surface area (Å²) in [5, 5.41) is 25.5. The van der Waals surface area contributed by atoms with E-state index < -0.39 is 17.9 Å². The first-order valence-corrected chi connectivity index (χ1v) is 8.11. The number of aliphatic hydroxyl groups excluding tert-OH is 3. The molecule has 0 amide bonds. The predicted octanol–water partition coefficient (Wildman–Crippen LogP) is 3.03. The van der Waals surface area contributed by atoms with E-state index >= 15 is 0 Å².